The molecule has 23 heavy (non-hydrogen) atoms. The number of nitrogens with zero attached hydrogens (tertiary/aromatic N) is 1. The Morgan fingerprint density at radius 3 is 2.61 bits per heavy atom. The normalized spacial score (nSPS) is 10.9. The lowest BCUT2D eigenvalue weighted by Crippen LogP contribution is -2.05. The predicted molar refractivity (Wildman–Crippen MR) is 92.9 cm³/mol. The Labute approximate surface area is 136 Å². The van der Waals surface area contributed by atoms with Crippen LogP contribution in [-0.4, -0.2) is 10.4 Å². The van der Waals surface area contributed by atoms with Gasteiger partial charge in [-0.25, -0.2) is 0 Å². The minimum Gasteiger partial charge on any atom is -0.487 e. The fourth-order valence-electron chi connectivity index (χ4n) is 2.79. The van der Waals surface area contributed by atoms with Crippen molar-refractivity contribution in [2.45, 2.75) is 26.4 Å². The molecule has 0 bridgehead atoms. The van der Waals surface area contributed by atoms with Crippen molar-refractivity contribution in [1.82, 2.24) is 4.57 Å². The molecule has 0 atom stereocenters. The maximum Gasteiger partial charge on any atom is 0.166 e. The third-order valence-corrected chi connectivity index (χ3v) is 4.02. The number of rotatable bonds is 6. The Hall–Kier alpha value is -2.55. The second kappa shape index (κ2) is 6.69. The Morgan fingerprint density at radius 1 is 1.09 bits per heavy atom. The first-order valence-corrected chi connectivity index (χ1v) is 7.98. The van der Waals surface area contributed by atoms with E-state index in [1.807, 2.05) is 73.3 Å². The number of aryl methyl sites for hydroxylation is 1. The predicted octanol–water partition coefficient (Wildman–Crippen LogP) is 4.74. The number of carbonyl (C=O) groups excluding carboxylic acids is 1. The summed E-state index contributed by atoms with van der Waals surface area (Å²) in [5.74, 6) is 0.840. The number of ketones is 1. The van der Waals surface area contributed by atoms with E-state index in [0.29, 0.717) is 24.3 Å². The first-order chi connectivity index (χ1) is 11.2. The quantitative estimate of drug-likeness (QED) is 0.616. The average molecular weight is 307 g/mol. The van der Waals surface area contributed by atoms with Crippen molar-refractivity contribution in [3.63, 3.8) is 0 Å². The summed E-state index contributed by atoms with van der Waals surface area (Å²) in [6.07, 6.45) is 3.37. The zero-order chi connectivity index (χ0) is 16.2. The number of aromatic nitrogens is 1. The number of hydrogen-bond donors (Lipinski definition) is 0. The summed E-state index contributed by atoms with van der Waals surface area (Å²) in [6.45, 7) is 2.48. The lowest BCUT2D eigenvalue weighted by Gasteiger charge is -2.13. The lowest BCUT2D eigenvalue weighted by atomic mass is 10.0. The molecule has 0 fully saturated rings. The first-order valence-electron chi connectivity index (χ1n) is 7.98. The average Bonchev–Trinajstić information content (AvgIpc) is 2.95. The lowest BCUT2D eigenvalue weighted by molar-refractivity contribution is 0.0977. The first kappa shape index (κ1) is 15.3. The second-order valence-electron chi connectivity index (χ2n) is 5.75. The summed E-state index contributed by atoms with van der Waals surface area (Å²) >= 11 is 0. The summed E-state index contributed by atoms with van der Waals surface area (Å²) in [5, 5.41) is 0.991. The minimum absolute atomic E-state index is 0.140. The van der Waals surface area contributed by atoms with E-state index in [9.17, 15) is 4.79 Å². The van der Waals surface area contributed by atoms with E-state index in [1.165, 1.54) is 0 Å². The van der Waals surface area contributed by atoms with Crippen LogP contribution in [0.25, 0.3) is 10.9 Å². The standard InChI is InChI=1S/C20H21NO2/c1-3-7-19(22)17-10-11-18-16(12-13-21(18)2)20(17)23-14-15-8-5-4-6-9-15/h4-6,8-13H,3,7,14H2,1-2H3. The van der Waals surface area contributed by atoms with Crippen molar-refractivity contribution < 1.29 is 9.53 Å². The van der Waals surface area contributed by atoms with Gasteiger partial charge in [0.25, 0.3) is 0 Å². The van der Waals surface area contributed by atoms with E-state index in [2.05, 4.69) is 0 Å². The third kappa shape index (κ3) is 3.14. The van der Waals surface area contributed by atoms with E-state index in [4.69, 9.17) is 4.74 Å². The highest BCUT2D eigenvalue weighted by Gasteiger charge is 2.16. The molecular formula is C20H21NO2. The maximum atomic E-state index is 12.4. The molecule has 0 aliphatic heterocycles. The summed E-state index contributed by atoms with van der Waals surface area (Å²) in [7, 11) is 2.00. The molecule has 3 nitrogen and oxygen atoms in total. The molecule has 0 amide bonds. The van der Waals surface area contributed by atoms with Crippen molar-refractivity contribution in [2.24, 2.45) is 7.05 Å². The fraction of sp³-hybridized carbons (Fsp3) is 0.250. The number of benzene rings is 2. The molecule has 2 aromatic carbocycles. The zero-order valence-corrected chi connectivity index (χ0v) is 13.6. The van der Waals surface area contributed by atoms with E-state index >= 15 is 0 Å². The van der Waals surface area contributed by atoms with Gasteiger partial charge in [-0.15, -0.1) is 0 Å². The Kier molecular flexibility index (Phi) is 4.47. The van der Waals surface area contributed by atoms with Gasteiger partial charge < -0.3 is 9.30 Å². The molecule has 0 spiro atoms. The van der Waals surface area contributed by atoms with Crippen LogP contribution < -0.4 is 4.74 Å². The van der Waals surface area contributed by atoms with Crippen LogP contribution in [0.4, 0.5) is 0 Å². The number of ether oxygens (including phenoxy) is 1. The van der Waals surface area contributed by atoms with Crippen molar-refractivity contribution in [3.8, 4) is 5.75 Å². The van der Waals surface area contributed by atoms with Crippen LogP contribution in [0.15, 0.2) is 54.7 Å². The molecule has 3 heteroatoms. The van der Waals surface area contributed by atoms with Crippen molar-refractivity contribution in [2.75, 3.05) is 0 Å². The van der Waals surface area contributed by atoms with E-state index in [-0.39, 0.29) is 5.78 Å². The topological polar surface area (TPSA) is 31.2 Å². The van der Waals surface area contributed by atoms with Gasteiger partial charge in [0.2, 0.25) is 0 Å². The molecule has 0 N–H and O–H groups in total. The highest BCUT2D eigenvalue weighted by Crippen LogP contribution is 2.32. The molecule has 0 aliphatic carbocycles. The van der Waals surface area contributed by atoms with Gasteiger partial charge >= 0.3 is 0 Å². The summed E-state index contributed by atoms with van der Waals surface area (Å²) in [5.41, 5.74) is 2.84. The number of carbonyl (C=O) groups is 1. The van der Waals surface area contributed by atoms with Gasteiger partial charge in [0.15, 0.2) is 5.78 Å². The fourth-order valence-corrected chi connectivity index (χ4v) is 2.79. The largest absolute Gasteiger partial charge is 0.487 e. The Balaban J connectivity index is 2.00. The summed E-state index contributed by atoms with van der Waals surface area (Å²) < 4.78 is 8.12. The smallest absolute Gasteiger partial charge is 0.166 e. The Bertz CT molecular complexity index is 818. The van der Waals surface area contributed by atoms with Crippen LogP contribution in [0, 0.1) is 0 Å². The van der Waals surface area contributed by atoms with Gasteiger partial charge in [-0.05, 0) is 30.2 Å². The van der Waals surface area contributed by atoms with Gasteiger partial charge in [-0.3, -0.25) is 4.79 Å². The number of fused-ring (bicyclic) bond motifs is 1. The third-order valence-electron chi connectivity index (χ3n) is 4.02. The molecule has 3 rings (SSSR count). The molecule has 118 valence electrons. The number of Topliss-reactive ketones (excluding diaryl/α,β-unsaturated/α-hetero) is 1. The van der Waals surface area contributed by atoms with Crippen molar-refractivity contribution in [1.29, 1.82) is 0 Å². The number of hydrogen-bond acceptors (Lipinski definition) is 2. The monoisotopic (exact) mass is 307 g/mol. The highest BCUT2D eigenvalue weighted by atomic mass is 16.5. The van der Waals surface area contributed by atoms with Crippen LogP contribution in [0.2, 0.25) is 0 Å². The van der Waals surface area contributed by atoms with Gasteiger partial charge in [0, 0.05) is 25.1 Å². The summed E-state index contributed by atoms with van der Waals surface area (Å²) in [4.78, 5) is 12.4. The van der Waals surface area contributed by atoms with Crippen LogP contribution >= 0.6 is 0 Å². The van der Waals surface area contributed by atoms with Gasteiger partial charge in [0.1, 0.15) is 12.4 Å². The molecule has 1 heterocycles. The van der Waals surface area contributed by atoms with E-state index in [1.54, 1.807) is 0 Å². The molecule has 0 radical (unpaired) electrons. The Morgan fingerprint density at radius 2 is 1.87 bits per heavy atom. The molecule has 0 saturated carbocycles. The zero-order valence-electron chi connectivity index (χ0n) is 13.6. The molecular weight excluding hydrogens is 286 g/mol. The van der Waals surface area contributed by atoms with Crippen molar-refractivity contribution in [3.05, 3.63) is 65.9 Å². The second-order valence-corrected chi connectivity index (χ2v) is 5.75. The van der Waals surface area contributed by atoms with Gasteiger partial charge in [0.05, 0.1) is 11.1 Å². The highest BCUT2D eigenvalue weighted by molar-refractivity contribution is 6.04. The van der Waals surface area contributed by atoms with E-state index in [0.717, 1.165) is 22.9 Å². The molecule has 0 unspecified atom stereocenters. The van der Waals surface area contributed by atoms with Crippen LogP contribution in [-0.2, 0) is 13.7 Å². The van der Waals surface area contributed by atoms with Gasteiger partial charge in [-0.2, -0.15) is 0 Å². The van der Waals surface area contributed by atoms with Crippen molar-refractivity contribution >= 4 is 16.7 Å². The van der Waals surface area contributed by atoms with E-state index < -0.39 is 0 Å². The SMILES string of the molecule is CCCC(=O)c1ccc2c(ccn2C)c1OCc1ccccc1. The van der Waals surface area contributed by atoms with Gasteiger partial charge in [-0.1, -0.05) is 37.3 Å². The minimum atomic E-state index is 0.140. The summed E-state index contributed by atoms with van der Waals surface area (Å²) in [6, 6.07) is 15.9. The van der Waals surface area contributed by atoms with Crippen LogP contribution in [0.3, 0.4) is 0 Å². The molecule has 3 aromatic rings. The molecule has 0 saturated heterocycles. The molecule has 0 aliphatic rings. The maximum absolute atomic E-state index is 12.4. The van der Waals surface area contributed by atoms with Crippen LogP contribution in [0.1, 0.15) is 35.7 Å². The van der Waals surface area contributed by atoms with Crippen LogP contribution in [0.5, 0.6) is 5.75 Å². The molecule has 1 aromatic heterocycles.